The van der Waals surface area contributed by atoms with E-state index in [1.807, 2.05) is 18.2 Å². The van der Waals surface area contributed by atoms with Crippen LogP contribution in [0.4, 0.5) is 0 Å². The molecule has 5 nitrogen and oxygen atoms in total. The fourth-order valence-electron chi connectivity index (χ4n) is 3.64. The topological polar surface area (TPSA) is 82.1 Å². The van der Waals surface area contributed by atoms with E-state index in [1.165, 1.54) is 15.9 Å². The number of aromatic nitrogens is 1. The van der Waals surface area contributed by atoms with E-state index in [9.17, 15) is 5.11 Å². The van der Waals surface area contributed by atoms with Gasteiger partial charge in [-0.15, -0.1) is 5.69 Å². The van der Waals surface area contributed by atoms with E-state index in [-0.39, 0.29) is 29.0 Å². The SMILES string of the molecule is C/C(=N\N=C(/[O-])c1ccccc1)c1ccc[n-]1.CCO.[Ni+2].c1ccc([PH+](c2ccccc2)c2ccccc2)cc1. The molecule has 40 heavy (non-hydrogen) atoms. The van der Waals surface area contributed by atoms with Gasteiger partial charge in [0.2, 0.25) is 0 Å². The molecule has 0 spiro atoms. The Hall–Kier alpha value is -3.82. The van der Waals surface area contributed by atoms with Crippen molar-refractivity contribution in [1.29, 1.82) is 0 Å². The summed E-state index contributed by atoms with van der Waals surface area (Å²) in [4.78, 5) is 4.06. The number of aliphatic hydroxyl groups excluding tert-OH is 1. The molecular weight excluding hydrogens is 560 g/mol. The first-order chi connectivity index (χ1) is 19.1. The zero-order valence-corrected chi connectivity index (χ0v) is 24.5. The summed E-state index contributed by atoms with van der Waals surface area (Å²) >= 11 is 0. The predicted octanol–water partition coefficient (Wildman–Crippen LogP) is 4.35. The molecule has 0 aliphatic heterocycles. The average Bonchev–Trinajstić information content (AvgIpc) is 3.54. The minimum absolute atomic E-state index is 0. The van der Waals surface area contributed by atoms with Crippen LogP contribution in [0.3, 0.4) is 0 Å². The van der Waals surface area contributed by atoms with Crippen LogP contribution in [-0.2, 0) is 16.5 Å². The molecule has 4 aromatic carbocycles. The quantitative estimate of drug-likeness (QED) is 0.105. The Bertz CT molecular complexity index is 1300. The fraction of sp³-hybridized carbons (Fsp3) is 0.0909. The number of rotatable bonds is 6. The van der Waals surface area contributed by atoms with Gasteiger partial charge in [0, 0.05) is 18.2 Å². The average molecular weight is 593 g/mol. The Morgan fingerprint density at radius 1 is 0.675 bits per heavy atom. The van der Waals surface area contributed by atoms with E-state index < -0.39 is 7.92 Å². The van der Waals surface area contributed by atoms with Crippen molar-refractivity contribution in [1.82, 2.24) is 4.98 Å². The number of nitrogens with zero attached hydrogens (tertiary/aromatic N) is 3. The summed E-state index contributed by atoms with van der Waals surface area (Å²) < 4.78 is 0. The van der Waals surface area contributed by atoms with Crippen LogP contribution in [0.1, 0.15) is 25.1 Å². The van der Waals surface area contributed by atoms with Crippen LogP contribution in [0.15, 0.2) is 150 Å². The van der Waals surface area contributed by atoms with Gasteiger partial charge in [-0.3, -0.25) is 0 Å². The van der Waals surface area contributed by atoms with Gasteiger partial charge in [-0.05, 0) is 55.8 Å². The van der Waals surface area contributed by atoms with Gasteiger partial charge in [-0.1, -0.05) is 97.1 Å². The Kier molecular flexibility index (Phi) is 15.0. The second kappa shape index (κ2) is 18.5. The monoisotopic (exact) mass is 592 g/mol. The van der Waals surface area contributed by atoms with Gasteiger partial charge in [-0.2, -0.15) is 16.4 Å². The van der Waals surface area contributed by atoms with Crippen molar-refractivity contribution in [2.75, 3.05) is 6.61 Å². The van der Waals surface area contributed by atoms with Crippen molar-refractivity contribution in [3.63, 3.8) is 0 Å². The van der Waals surface area contributed by atoms with Gasteiger partial charge >= 0.3 is 16.5 Å². The molecule has 5 rings (SSSR count). The van der Waals surface area contributed by atoms with Crippen molar-refractivity contribution in [2.24, 2.45) is 10.2 Å². The second-order valence-electron chi connectivity index (χ2n) is 8.27. The molecule has 0 saturated carbocycles. The van der Waals surface area contributed by atoms with Crippen molar-refractivity contribution < 1.29 is 26.7 Å². The Morgan fingerprint density at radius 3 is 1.45 bits per heavy atom. The molecule has 7 heteroatoms. The van der Waals surface area contributed by atoms with E-state index >= 15 is 0 Å². The minimum Gasteiger partial charge on any atom is -0.857 e. The van der Waals surface area contributed by atoms with Gasteiger partial charge < -0.3 is 15.2 Å². The molecular formula is C33H33N3NiO2P+. The van der Waals surface area contributed by atoms with Crippen molar-refractivity contribution in [2.45, 2.75) is 13.8 Å². The first kappa shape index (κ1) is 32.4. The van der Waals surface area contributed by atoms with Crippen LogP contribution in [0.25, 0.3) is 0 Å². The molecule has 1 aromatic heterocycles. The number of benzene rings is 4. The van der Waals surface area contributed by atoms with Gasteiger partial charge in [0.15, 0.2) is 0 Å². The fourth-order valence-corrected chi connectivity index (χ4v) is 6.22. The van der Waals surface area contributed by atoms with Crippen LogP contribution in [0.2, 0.25) is 0 Å². The molecule has 5 aromatic rings. The summed E-state index contributed by atoms with van der Waals surface area (Å²) in [6.45, 7) is 3.70. The molecule has 0 aliphatic carbocycles. The van der Waals surface area contributed by atoms with Crippen LogP contribution >= 0.6 is 7.92 Å². The molecule has 0 amide bonds. The van der Waals surface area contributed by atoms with Crippen LogP contribution < -0.4 is 26.0 Å². The molecule has 0 saturated heterocycles. The normalized spacial score (nSPS) is 10.9. The summed E-state index contributed by atoms with van der Waals surface area (Å²) in [6.07, 6.45) is 1.67. The smallest absolute Gasteiger partial charge is 0.857 e. The van der Waals surface area contributed by atoms with E-state index in [0.717, 1.165) is 5.69 Å². The molecule has 206 valence electrons. The summed E-state index contributed by atoms with van der Waals surface area (Å²) in [5, 5.41) is 31.0. The molecule has 0 atom stereocenters. The van der Waals surface area contributed by atoms with Gasteiger partial charge in [-0.25, -0.2) is 0 Å². The Labute approximate surface area is 248 Å². The van der Waals surface area contributed by atoms with Crippen LogP contribution in [-0.4, -0.2) is 23.3 Å². The largest absolute Gasteiger partial charge is 2.00 e. The molecule has 0 radical (unpaired) electrons. The van der Waals surface area contributed by atoms with Gasteiger partial charge in [0.1, 0.15) is 15.9 Å². The zero-order chi connectivity index (χ0) is 27.7. The van der Waals surface area contributed by atoms with Gasteiger partial charge in [0.25, 0.3) is 0 Å². The van der Waals surface area contributed by atoms with Gasteiger partial charge in [0.05, 0.1) is 7.92 Å². The van der Waals surface area contributed by atoms with Crippen molar-refractivity contribution in [3.05, 3.63) is 151 Å². The number of hydrogen-bond donors (Lipinski definition) is 1. The van der Waals surface area contributed by atoms with E-state index in [0.29, 0.717) is 11.3 Å². The van der Waals surface area contributed by atoms with Crippen LogP contribution in [0.5, 0.6) is 0 Å². The predicted molar refractivity (Wildman–Crippen MR) is 164 cm³/mol. The maximum absolute atomic E-state index is 11.6. The molecule has 0 aliphatic rings. The summed E-state index contributed by atoms with van der Waals surface area (Å²) in [7, 11) is -0.877. The zero-order valence-electron chi connectivity index (χ0n) is 22.5. The summed E-state index contributed by atoms with van der Waals surface area (Å²) in [6, 6.07) is 45.0. The third-order valence-corrected chi connectivity index (χ3v) is 8.16. The minimum atomic E-state index is -0.877. The van der Waals surface area contributed by atoms with Crippen molar-refractivity contribution >= 4 is 35.4 Å². The number of aliphatic hydroxyl groups is 1. The Balaban J connectivity index is 0.000000251. The third kappa shape index (κ3) is 10.4. The molecule has 1 heterocycles. The molecule has 0 bridgehead atoms. The first-order valence-corrected chi connectivity index (χ1v) is 14.2. The first-order valence-electron chi connectivity index (χ1n) is 12.7. The molecule has 0 unspecified atom stereocenters. The number of hydrogen-bond acceptors (Lipinski definition) is 4. The standard InChI is InChI=1S/C18H15P.C13H12N3O.C2H6O.Ni/c1-4-10-16(11-5-1)19(17-12-6-2-7-13-17)18-14-8-3-9-15-18;1-10(12-8-5-9-14-12)15-16-13(17)11-6-3-2-4-7-11;1-2-3;/h1-15H;2-9H,1H3,(H-,14,15,16,17);3H,2H2,1H3;/q;-1;;+2. The second-order valence-corrected chi connectivity index (χ2v) is 10.8. The maximum atomic E-state index is 11.6. The third-order valence-electron chi connectivity index (χ3n) is 5.42. The van der Waals surface area contributed by atoms with Crippen molar-refractivity contribution in [3.8, 4) is 0 Å². The van der Waals surface area contributed by atoms with E-state index in [1.54, 1.807) is 44.3 Å². The summed E-state index contributed by atoms with van der Waals surface area (Å²) in [5.41, 5.74) is 1.88. The maximum Gasteiger partial charge on any atom is 2.00 e. The Morgan fingerprint density at radius 2 is 1.07 bits per heavy atom. The van der Waals surface area contributed by atoms with Crippen LogP contribution in [0, 0.1) is 0 Å². The van der Waals surface area contributed by atoms with E-state index in [2.05, 4.69) is 106 Å². The molecule has 1 N–H and O–H groups in total. The van der Waals surface area contributed by atoms with E-state index in [4.69, 9.17) is 5.11 Å². The molecule has 0 fully saturated rings. The summed E-state index contributed by atoms with van der Waals surface area (Å²) in [5.74, 6) is -0.350.